The molecule has 2 atom stereocenters. The fraction of sp³-hybridized carbons (Fsp3) is 0.423. The second kappa shape index (κ2) is 12.7. The predicted octanol–water partition coefficient (Wildman–Crippen LogP) is 2.11. The molecule has 0 saturated carbocycles. The highest BCUT2D eigenvalue weighted by Gasteiger charge is 2.35. The second-order valence-corrected chi connectivity index (χ2v) is 8.44. The third-order valence-electron chi connectivity index (χ3n) is 6.25. The molecule has 1 unspecified atom stereocenters. The van der Waals surface area contributed by atoms with Crippen LogP contribution >= 0.6 is 0 Å². The number of aliphatic hydroxyl groups is 1. The molecule has 0 spiro atoms. The molecule has 1 aliphatic rings. The predicted molar refractivity (Wildman–Crippen MR) is 130 cm³/mol. The van der Waals surface area contributed by atoms with Gasteiger partial charge in [0.1, 0.15) is 17.9 Å². The molecule has 9 nitrogen and oxygen atoms in total. The molecule has 3 N–H and O–H groups in total. The van der Waals surface area contributed by atoms with E-state index in [1.807, 2.05) is 49.4 Å². The van der Waals surface area contributed by atoms with Crippen molar-refractivity contribution in [1.29, 1.82) is 5.26 Å². The number of aryl methyl sites for hydroxylation is 1. The standard InChI is InChI=1S/C26H32N4O5/c1-2-35-21-12-10-19(11-13-21)6-5-8-22(24(31)25(32)28-34)26(33)30-16-14-29(15-17-30)23-9-4-3-7-20(23)18-27/h3-4,7,9-13,22,24,31,34H,2,5-6,8,14-17H2,1H3,(H,28,32)/t22?,24-/m0/s1. The minimum absolute atomic E-state index is 0.290. The molecule has 0 aromatic heterocycles. The Bertz CT molecular complexity index is 1030. The summed E-state index contributed by atoms with van der Waals surface area (Å²) in [5.41, 5.74) is 3.92. The van der Waals surface area contributed by atoms with Gasteiger partial charge in [-0.3, -0.25) is 14.8 Å². The number of hydroxylamine groups is 1. The third kappa shape index (κ3) is 6.72. The number of para-hydroxylation sites is 1. The number of aliphatic hydroxyl groups excluding tert-OH is 1. The number of carbonyl (C=O) groups excluding carboxylic acids is 2. The van der Waals surface area contributed by atoms with E-state index < -0.39 is 17.9 Å². The molecule has 2 aromatic carbocycles. The van der Waals surface area contributed by atoms with Crippen LogP contribution in [0.4, 0.5) is 5.69 Å². The number of ether oxygens (including phenoxy) is 1. The molecule has 2 aromatic rings. The average molecular weight is 481 g/mol. The number of nitriles is 1. The maximum Gasteiger partial charge on any atom is 0.272 e. The van der Waals surface area contributed by atoms with E-state index in [9.17, 15) is 20.0 Å². The monoisotopic (exact) mass is 480 g/mol. The van der Waals surface area contributed by atoms with E-state index in [1.54, 1.807) is 11.0 Å². The summed E-state index contributed by atoms with van der Waals surface area (Å²) in [5.74, 6) is -1.49. The molecule has 0 radical (unpaired) electrons. The van der Waals surface area contributed by atoms with E-state index >= 15 is 0 Å². The van der Waals surface area contributed by atoms with E-state index in [1.165, 1.54) is 5.48 Å². The number of carbonyl (C=O) groups is 2. The van der Waals surface area contributed by atoms with E-state index in [2.05, 4.69) is 11.0 Å². The van der Waals surface area contributed by atoms with E-state index in [4.69, 9.17) is 9.94 Å². The lowest BCUT2D eigenvalue weighted by Crippen LogP contribution is -2.53. The Morgan fingerprint density at radius 2 is 1.80 bits per heavy atom. The Morgan fingerprint density at radius 1 is 1.11 bits per heavy atom. The molecule has 2 amide bonds. The summed E-state index contributed by atoms with van der Waals surface area (Å²) in [5, 5.41) is 28.9. The number of benzene rings is 2. The van der Waals surface area contributed by atoms with Crippen molar-refractivity contribution in [1.82, 2.24) is 10.4 Å². The van der Waals surface area contributed by atoms with Crippen LogP contribution < -0.4 is 15.1 Å². The van der Waals surface area contributed by atoms with Gasteiger partial charge in [-0.1, -0.05) is 24.3 Å². The van der Waals surface area contributed by atoms with Crippen molar-refractivity contribution in [3.05, 3.63) is 59.7 Å². The van der Waals surface area contributed by atoms with Gasteiger partial charge < -0.3 is 19.6 Å². The van der Waals surface area contributed by atoms with Gasteiger partial charge in [-0.15, -0.1) is 0 Å². The van der Waals surface area contributed by atoms with Crippen LogP contribution in [0.1, 0.15) is 30.9 Å². The third-order valence-corrected chi connectivity index (χ3v) is 6.25. The van der Waals surface area contributed by atoms with Crippen LogP contribution in [0.3, 0.4) is 0 Å². The van der Waals surface area contributed by atoms with Gasteiger partial charge in [-0.2, -0.15) is 5.26 Å². The van der Waals surface area contributed by atoms with Gasteiger partial charge in [0.05, 0.1) is 23.8 Å². The lowest BCUT2D eigenvalue weighted by Gasteiger charge is -2.38. The summed E-state index contributed by atoms with van der Waals surface area (Å²) in [6, 6.07) is 17.2. The summed E-state index contributed by atoms with van der Waals surface area (Å²) < 4.78 is 5.45. The summed E-state index contributed by atoms with van der Waals surface area (Å²) in [6.07, 6.45) is -0.110. The Labute approximate surface area is 205 Å². The van der Waals surface area contributed by atoms with E-state index in [0.29, 0.717) is 51.2 Å². The quantitative estimate of drug-likeness (QED) is 0.351. The zero-order valence-corrected chi connectivity index (χ0v) is 19.9. The molecule has 3 rings (SSSR count). The average Bonchev–Trinajstić information content (AvgIpc) is 2.91. The van der Waals surface area contributed by atoms with Crippen LogP contribution in [0.2, 0.25) is 0 Å². The summed E-state index contributed by atoms with van der Waals surface area (Å²) in [6.45, 7) is 4.39. The minimum atomic E-state index is -1.65. The first-order chi connectivity index (χ1) is 17.0. The Hall–Kier alpha value is -3.61. The molecule has 0 aliphatic carbocycles. The lowest BCUT2D eigenvalue weighted by molar-refractivity contribution is -0.150. The first kappa shape index (κ1) is 26.0. The van der Waals surface area contributed by atoms with Crippen LogP contribution in [0.25, 0.3) is 0 Å². The summed E-state index contributed by atoms with van der Waals surface area (Å²) >= 11 is 0. The molecule has 9 heteroatoms. The summed E-state index contributed by atoms with van der Waals surface area (Å²) in [4.78, 5) is 28.9. The molecule has 35 heavy (non-hydrogen) atoms. The largest absolute Gasteiger partial charge is 0.494 e. The number of amides is 2. The van der Waals surface area contributed by atoms with Crippen molar-refractivity contribution in [2.24, 2.45) is 5.92 Å². The van der Waals surface area contributed by atoms with E-state index in [-0.39, 0.29) is 12.3 Å². The molecular weight excluding hydrogens is 448 g/mol. The lowest BCUT2D eigenvalue weighted by atomic mass is 9.92. The highest BCUT2D eigenvalue weighted by Crippen LogP contribution is 2.24. The molecular formula is C26H32N4O5. The zero-order valence-electron chi connectivity index (χ0n) is 19.9. The van der Waals surface area contributed by atoms with Crippen molar-refractivity contribution in [2.45, 2.75) is 32.3 Å². The SMILES string of the molecule is CCOc1ccc(CCCC(C(=O)N2CCN(c3ccccc3C#N)CC2)[C@H](O)C(=O)NO)cc1. The van der Waals surface area contributed by atoms with Gasteiger partial charge >= 0.3 is 0 Å². The van der Waals surface area contributed by atoms with Crippen molar-refractivity contribution in [3.63, 3.8) is 0 Å². The Morgan fingerprint density at radius 3 is 2.43 bits per heavy atom. The van der Waals surface area contributed by atoms with Crippen molar-refractivity contribution in [2.75, 3.05) is 37.7 Å². The molecule has 1 heterocycles. The maximum atomic E-state index is 13.3. The number of nitrogens with zero attached hydrogens (tertiary/aromatic N) is 3. The van der Waals surface area contributed by atoms with E-state index in [0.717, 1.165) is 17.0 Å². The molecule has 0 bridgehead atoms. The van der Waals surface area contributed by atoms with Crippen molar-refractivity contribution < 1.29 is 24.6 Å². The van der Waals surface area contributed by atoms with Crippen LogP contribution in [0.15, 0.2) is 48.5 Å². The van der Waals surface area contributed by atoms with Gasteiger partial charge in [-0.05, 0) is 56.0 Å². The number of nitrogens with one attached hydrogen (secondary N) is 1. The Balaban J connectivity index is 1.62. The van der Waals surface area contributed by atoms with Crippen LogP contribution in [-0.2, 0) is 16.0 Å². The molecule has 1 fully saturated rings. The first-order valence-electron chi connectivity index (χ1n) is 11.8. The van der Waals surface area contributed by atoms with Gasteiger partial charge in [0.25, 0.3) is 5.91 Å². The number of rotatable bonds is 10. The van der Waals surface area contributed by atoms with Gasteiger partial charge in [0.2, 0.25) is 5.91 Å². The highest BCUT2D eigenvalue weighted by atomic mass is 16.5. The van der Waals surface area contributed by atoms with Crippen LogP contribution in [0.5, 0.6) is 5.75 Å². The van der Waals surface area contributed by atoms with Crippen LogP contribution in [0, 0.1) is 17.2 Å². The minimum Gasteiger partial charge on any atom is -0.494 e. The second-order valence-electron chi connectivity index (χ2n) is 8.44. The van der Waals surface area contributed by atoms with Gasteiger partial charge in [0, 0.05) is 26.2 Å². The molecule has 186 valence electrons. The molecule has 1 saturated heterocycles. The normalized spacial score (nSPS) is 15.1. The zero-order chi connectivity index (χ0) is 25.2. The number of anilines is 1. The topological polar surface area (TPSA) is 126 Å². The maximum absolute atomic E-state index is 13.3. The first-order valence-corrected chi connectivity index (χ1v) is 11.8. The van der Waals surface area contributed by atoms with Crippen LogP contribution in [-0.4, -0.2) is 65.9 Å². The fourth-order valence-corrected chi connectivity index (χ4v) is 4.36. The number of hydrogen-bond acceptors (Lipinski definition) is 7. The fourth-order valence-electron chi connectivity index (χ4n) is 4.36. The smallest absolute Gasteiger partial charge is 0.272 e. The Kier molecular flexibility index (Phi) is 9.47. The van der Waals surface area contributed by atoms with Crippen molar-refractivity contribution >= 4 is 17.5 Å². The highest BCUT2D eigenvalue weighted by molar-refractivity contribution is 5.88. The van der Waals surface area contributed by atoms with Gasteiger partial charge in [0.15, 0.2) is 0 Å². The van der Waals surface area contributed by atoms with Gasteiger partial charge in [-0.25, -0.2) is 5.48 Å². The molecule has 1 aliphatic heterocycles. The number of hydrogen-bond donors (Lipinski definition) is 3. The van der Waals surface area contributed by atoms with Crippen molar-refractivity contribution in [3.8, 4) is 11.8 Å². The summed E-state index contributed by atoms with van der Waals surface area (Å²) in [7, 11) is 0. The number of piperazine rings is 1.